The molecule has 1 aliphatic heterocycles. The number of carbonyl (C=O) groups excluding carboxylic acids is 2. The van der Waals surface area contributed by atoms with Gasteiger partial charge in [-0.05, 0) is 19.1 Å². The Morgan fingerprint density at radius 3 is 1.90 bits per heavy atom. The van der Waals surface area contributed by atoms with Crippen LogP contribution in [0.25, 0.3) is 0 Å². The highest BCUT2D eigenvalue weighted by Gasteiger charge is 2.31. The maximum atomic E-state index is 12.8. The number of hydrogen-bond acceptors (Lipinski definition) is 6. The van der Waals surface area contributed by atoms with E-state index in [1.165, 1.54) is 48.5 Å². The molecule has 1 saturated heterocycles. The molecule has 2 amide bonds. The van der Waals surface area contributed by atoms with E-state index in [4.69, 9.17) is 0 Å². The molecule has 150 valence electrons. The Morgan fingerprint density at radius 1 is 0.897 bits per heavy atom. The summed E-state index contributed by atoms with van der Waals surface area (Å²) in [4.78, 5) is 49.3. The molecule has 1 heterocycles. The van der Waals surface area contributed by atoms with Gasteiger partial charge in [0.15, 0.2) is 0 Å². The summed E-state index contributed by atoms with van der Waals surface area (Å²) in [5.41, 5.74) is 0.0979. The number of nitro groups is 2. The minimum Gasteiger partial charge on any atom is -0.335 e. The van der Waals surface area contributed by atoms with Gasteiger partial charge in [-0.25, -0.2) is 0 Å². The van der Waals surface area contributed by atoms with Crippen LogP contribution in [0.15, 0.2) is 48.5 Å². The number of piperazine rings is 1. The van der Waals surface area contributed by atoms with E-state index >= 15 is 0 Å². The lowest BCUT2D eigenvalue weighted by Crippen LogP contribution is -2.55. The quantitative estimate of drug-likeness (QED) is 0.575. The summed E-state index contributed by atoms with van der Waals surface area (Å²) >= 11 is 0. The molecule has 10 nitrogen and oxygen atoms in total. The van der Waals surface area contributed by atoms with E-state index < -0.39 is 9.85 Å². The molecule has 0 bridgehead atoms. The number of nitro benzene ring substituents is 2. The van der Waals surface area contributed by atoms with Gasteiger partial charge in [0.05, 0.1) is 9.85 Å². The zero-order valence-corrected chi connectivity index (χ0v) is 15.6. The van der Waals surface area contributed by atoms with Crippen molar-refractivity contribution in [3.8, 4) is 0 Å². The van der Waals surface area contributed by atoms with Crippen LogP contribution in [0.3, 0.4) is 0 Å². The van der Waals surface area contributed by atoms with Crippen molar-refractivity contribution in [3.63, 3.8) is 0 Å². The highest BCUT2D eigenvalue weighted by molar-refractivity contribution is 5.96. The topological polar surface area (TPSA) is 127 Å². The highest BCUT2D eigenvalue weighted by Crippen LogP contribution is 2.20. The Balaban J connectivity index is 1.72. The number of non-ortho nitro benzene ring substituents is 2. The number of nitrogens with zero attached hydrogens (tertiary/aromatic N) is 4. The normalized spacial score (nSPS) is 16.4. The molecule has 0 spiro atoms. The lowest BCUT2D eigenvalue weighted by molar-refractivity contribution is -0.385. The van der Waals surface area contributed by atoms with Gasteiger partial charge in [-0.3, -0.25) is 29.8 Å². The molecule has 1 atom stereocenters. The van der Waals surface area contributed by atoms with Gasteiger partial charge in [-0.1, -0.05) is 12.1 Å². The van der Waals surface area contributed by atoms with E-state index in [1.54, 1.807) is 16.7 Å². The van der Waals surface area contributed by atoms with Gasteiger partial charge in [0, 0.05) is 61.1 Å². The van der Waals surface area contributed by atoms with Gasteiger partial charge in [0.1, 0.15) is 0 Å². The monoisotopic (exact) mass is 398 g/mol. The number of carbonyl (C=O) groups is 2. The second-order valence-corrected chi connectivity index (χ2v) is 6.71. The van der Waals surface area contributed by atoms with Crippen molar-refractivity contribution < 1.29 is 19.4 Å². The third-order valence-corrected chi connectivity index (χ3v) is 4.78. The molecule has 0 radical (unpaired) electrons. The third-order valence-electron chi connectivity index (χ3n) is 4.78. The summed E-state index contributed by atoms with van der Waals surface area (Å²) < 4.78 is 0. The van der Waals surface area contributed by atoms with Gasteiger partial charge < -0.3 is 9.80 Å². The Kier molecular flexibility index (Phi) is 5.53. The highest BCUT2D eigenvalue weighted by atomic mass is 16.6. The van der Waals surface area contributed by atoms with E-state index in [9.17, 15) is 29.8 Å². The fourth-order valence-electron chi connectivity index (χ4n) is 3.30. The predicted octanol–water partition coefficient (Wildman–Crippen LogP) is 2.49. The average Bonchev–Trinajstić information content (AvgIpc) is 2.72. The maximum Gasteiger partial charge on any atom is 0.270 e. The van der Waals surface area contributed by atoms with Gasteiger partial charge in [0.2, 0.25) is 0 Å². The summed E-state index contributed by atoms with van der Waals surface area (Å²) in [5.74, 6) is -0.688. The largest absolute Gasteiger partial charge is 0.335 e. The first-order valence-corrected chi connectivity index (χ1v) is 8.87. The van der Waals surface area contributed by atoms with Crippen LogP contribution in [0.1, 0.15) is 27.6 Å². The molecule has 1 fully saturated rings. The van der Waals surface area contributed by atoms with E-state index in [1.807, 2.05) is 0 Å². The molecular formula is C19H18N4O6. The summed E-state index contributed by atoms with van der Waals surface area (Å²) in [6.07, 6.45) is 0. The first kappa shape index (κ1) is 19.9. The Labute approximate surface area is 165 Å². The second-order valence-electron chi connectivity index (χ2n) is 6.71. The smallest absolute Gasteiger partial charge is 0.270 e. The van der Waals surface area contributed by atoms with Crippen molar-refractivity contribution in [1.82, 2.24) is 9.80 Å². The summed E-state index contributed by atoms with van der Waals surface area (Å²) in [5, 5.41) is 21.8. The molecule has 29 heavy (non-hydrogen) atoms. The van der Waals surface area contributed by atoms with Crippen LogP contribution in [0, 0.1) is 20.2 Å². The van der Waals surface area contributed by atoms with Gasteiger partial charge >= 0.3 is 0 Å². The van der Waals surface area contributed by atoms with Crippen LogP contribution in [-0.4, -0.2) is 57.1 Å². The molecule has 2 aromatic carbocycles. The van der Waals surface area contributed by atoms with Crippen LogP contribution in [-0.2, 0) is 0 Å². The minimum absolute atomic E-state index is 0.164. The van der Waals surface area contributed by atoms with Crippen molar-refractivity contribution in [2.75, 3.05) is 19.6 Å². The third kappa shape index (κ3) is 4.21. The lowest BCUT2D eigenvalue weighted by Gasteiger charge is -2.40. The van der Waals surface area contributed by atoms with Crippen LogP contribution in [0.2, 0.25) is 0 Å². The molecule has 0 aliphatic carbocycles. The summed E-state index contributed by atoms with van der Waals surface area (Å²) in [7, 11) is 0. The lowest BCUT2D eigenvalue weighted by atomic mass is 10.1. The SMILES string of the molecule is CC1CN(C(=O)c2cccc([N+](=O)[O-])c2)CCN1C(=O)c1cccc([N+](=O)[O-])c1. The van der Waals surface area contributed by atoms with Crippen molar-refractivity contribution in [1.29, 1.82) is 0 Å². The van der Waals surface area contributed by atoms with E-state index in [2.05, 4.69) is 0 Å². The van der Waals surface area contributed by atoms with Crippen LogP contribution < -0.4 is 0 Å². The minimum atomic E-state index is -0.560. The van der Waals surface area contributed by atoms with Gasteiger partial charge in [-0.2, -0.15) is 0 Å². The fourth-order valence-corrected chi connectivity index (χ4v) is 3.30. The molecule has 1 unspecified atom stereocenters. The zero-order valence-electron chi connectivity index (χ0n) is 15.6. The Hall–Kier alpha value is -3.82. The first-order chi connectivity index (χ1) is 13.8. The molecule has 0 N–H and O–H groups in total. The van der Waals surface area contributed by atoms with Crippen LogP contribution >= 0.6 is 0 Å². The number of benzene rings is 2. The van der Waals surface area contributed by atoms with Crippen LogP contribution in [0.5, 0.6) is 0 Å². The summed E-state index contributed by atoms with van der Waals surface area (Å²) in [6, 6.07) is 10.7. The van der Waals surface area contributed by atoms with E-state index in [0.717, 1.165) is 0 Å². The molecular weight excluding hydrogens is 380 g/mol. The first-order valence-electron chi connectivity index (χ1n) is 8.87. The molecule has 10 heteroatoms. The number of amides is 2. The predicted molar refractivity (Wildman–Crippen MR) is 103 cm³/mol. The molecule has 0 aromatic heterocycles. The Bertz CT molecular complexity index is 992. The molecule has 1 aliphatic rings. The molecule has 3 rings (SSSR count). The number of hydrogen-bond donors (Lipinski definition) is 0. The van der Waals surface area contributed by atoms with Crippen LogP contribution in [0.4, 0.5) is 11.4 Å². The standard InChI is InChI=1S/C19H18N4O6/c1-13-12-20(18(24)14-4-2-6-16(10-14)22(26)27)8-9-21(13)19(25)15-5-3-7-17(11-15)23(28)29/h2-7,10-11,13H,8-9,12H2,1H3. The van der Waals surface area contributed by atoms with Crippen molar-refractivity contribution in [2.24, 2.45) is 0 Å². The fraction of sp³-hybridized carbons (Fsp3) is 0.263. The second kappa shape index (κ2) is 8.05. The maximum absolute atomic E-state index is 12.8. The summed E-state index contributed by atoms with van der Waals surface area (Å²) in [6.45, 7) is 2.54. The van der Waals surface area contributed by atoms with Gasteiger partial charge in [0.25, 0.3) is 23.2 Å². The molecule has 2 aromatic rings. The molecule has 0 saturated carbocycles. The van der Waals surface area contributed by atoms with Gasteiger partial charge in [-0.15, -0.1) is 0 Å². The number of rotatable bonds is 4. The van der Waals surface area contributed by atoms with Crippen molar-refractivity contribution in [2.45, 2.75) is 13.0 Å². The Morgan fingerprint density at radius 2 is 1.41 bits per heavy atom. The van der Waals surface area contributed by atoms with Crippen molar-refractivity contribution >= 4 is 23.2 Å². The average molecular weight is 398 g/mol. The van der Waals surface area contributed by atoms with E-state index in [-0.39, 0.29) is 60.0 Å². The van der Waals surface area contributed by atoms with E-state index in [0.29, 0.717) is 0 Å². The zero-order chi connectivity index (χ0) is 21.1. The van der Waals surface area contributed by atoms with Crippen molar-refractivity contribution in [3.05, 3.63) is 79.9 Å².